The van der Waals surface area contributed by atoms with E-state index in [9.17, 15) is 4.79 Å². The molecule has 0 spiro atoms. The van der Waals surface area contributed by atoms with Gasteiger partial charge in [0.15, 0.2) is 0 Å². The van der Waals surface area contributed by atoms with Crippen molar-refractivity contribution in [3.63, 3.8) is 0 Å². The first-order valence-electron chi connectivity index (χ1n) is 4.71. The Morgan fingerprint density at radius 2 is 2.25 bits per heavy atom. The van der Waals surface area contributed by atoms with Gasteiger partial charge < -0.3 is 0 Å². The van der Waals surface area contributed by atoms with E-state index in [2.05, 4.69) is 25.9 Å². The third-order valence-electron chi connectivity index (χ3n) is 2.24. The van der Waals surface area contributed by atoms with Gasteiger partial charge in [0.25, 0.3) is 5.56 Å². The van der Waals surface area contributed by atoms with Gasteiger partial charge in [-0.25, -0.2) is 9.97 Å². The molecule has 0 radical (unpaired) electrons. The number of aromatic nitrogens is 3. The molecule has 2 heterocycles. The molecular weight excluding hydrogens is 290 g/mol. The molecule has 2 rings (SSSR count). The second-order valence-corrected chi connectivity index (χ2v) is 5.57. The molecule has 0 fully saturated rings. The van der Waals surface area contributed by atoms with Gasteiger partial charge in [-0.05, 0) is 29.8 Å². The molecule has 0 aromatic carbocycles. The highest BCUT2D eigenvalue weighted by atomic mass is 79.9. The van der Waals surface area contributed by atoms with Gasteiger partial charge in [-0.15, -0.1) is 11.3 Å². The first-order valence-corrected chi connectivity index (χ1v) is 6.31. The molecule has 4 nitrogen and oxygen atoms in total. The Labute approximate surface area is 105 Å². The highest BCUT2D eigenvalue weighted by molar-refractivity contribution is 9.10. The van der Waals surface area contributed by atoms with Crippen LogP contribution in [0.4, 0.5) is 0 Å². The quantitative estimate of drug-likeness (QED) is 0.853. The second kappa shape index (κ2) is 4.47. The fourth-order valence-electron chi connectivity index (χ4n) is 1.29. The summed E-state index contributed by atoms with van der Waals surface area (Å²) in [5.41, 5.74) is 0.941. The van der Waals surface area contributed by atoms with Crippen molar-refractivity contribution in [3.8, 4) is 0 Å². The van der Waals surface area contributed by atoms with Crippen LogP contribution < -0.4 is 5.56 Å². The average molecular weight is 300 g/mol. The van der Waals surface area contributed by atoms with E-state index >= 15 is 0 Å². The fourth-order valence-corrected chi connectivity index (χ4v) is 2.57. The predicted octanol–water partition coefficient (Wildman–Crippen LogP) is 2.13. The Morgan fingerprint density at radius 1 is 1.50 bits per heavy atom. The molecule has 0 N–H and O–H groups in total. The van der Waals surface area contributed by atoms with Crippen LogP contribution in [0, 0.1) is 13.8 Å². The summed E-state index contributed by atoms with van der Waals surface area (Å²) < 4.78 is 2.02. The zero-order valence-electron chi connectivity index (χ0n) is 8.90. The third-order valence-corrected chi connectivity index (χ3v) is 3.84. The van der Waals surface area contributed by atoms with Gasteiger partial charge in [-0.2, -0.15) is 0 Å². The van der Waals surface area contributed by atoms with Crippen molar-refractivity contribution in [3.05, 3.63) is 42.9 Å². The second-order valence-electron chi connectivity index (χ2n) is 3.42. The van der Waals surface area contributed by atoms with Gasteiger partial charge in [0.1, 0.15) is 9.48 Å². The van der Waals surface area contributed by atoms with E-state index < -0.39 is 0 Å². The molecule has 0 amide bonds. The Hall–Kier alpha value is -1.01. The van der Waals surface area contributed by atoms with Crippen molar-refractivity contribution in [2.24, 2.45) is 0 Å². The summed E-state index contributed by atoms with van der Waals surface area (Å²) in [7, 11) is 0. The maximum absolute atomic E-state index is 11.7. The Kier molecular flexibility index (Phi) is 3.20. The molecule has 0 aliphatic heterocycles. The van der Waals surface area contributed by atoms with Crippen LogP contribution in [0.5, 0.6) is 0 Å². The van der Waals surface area contributed by atoms with Crippen molar-refractivity contribution in [1.82, 2.24) is 14.5 Å². The molecule has 0 aliphatic carbocycles. The van der Waals surface area contributed by atoms with Gasteiger partial charge >= 0.3 is 0 Å². The number of aryl methyl sites for hydroxylation is 2. The van der Waals surface area contributed by atoms with Crippen LogP contribution in [0.15, 0.2) is 21.8 Å². The number of halogens is 1. The first-order chi connectivity index (χ1) is 7.58. The molecule has 84 valence electrons. The molecule has 0 atom stereocenters. The standard InChI is InChI=1S/C10H10BrN3OS/c1-6-7(2)16-9(13-6)4-14-5-12-3-8(11)10(14)15/h3,5H,4H2,1-2H3. The van der Waals surface area contributed by atoms with Gasteiger partial charge in [0, 0.05) is 11.1 Å². The molecule has 16 heavy (non-hydrogen) atoms. The summed E-state index contributed by atoms with van der Waals surface area (Å²) in [6, 6.07) is 0. The lowest BCUT2D eigenvalue weighted by Crippen LogP contribution is -2.21. The highest BCUT2D eigenvalue weighted by Crippen LogP contribution is 2.16. The minimum absolute atomic E-state index is 0.0829. The summed E-state index contributed by atoms with van der Waals surface area (Å²) in [6.45, 7) is 4.47. The molecule has 0 saturated heterocycles. The topological polar surface area (TPSA) is 47.8 Å². The van der Waals surface area contributed by atoms with Gasteiger partial charge in [-0.1, -0.05) is 0 Å². The lowest BCUT2D eigenvalue weighted by molar-refractivity contribution is 0.725. The fraction of sp³-hybridized carbons (Fsp3) is 0.300. The Morgan fingerprint density at radius 3 is 2.88 bits per heavy atom. The lowest BCUT2D eigenvalue weighted by atomic mass is 10.4. The average Bonchev–Trinajstić information content (AvgIpc) is 2.54. The van der Waals surface area contributed by atoms with Crippen LogP contribution in [-0.2, 0) is 6.54 Å². The van der Waals surface area contributed by atoms with Crippen LogP contribution in [0.3, 0.4) is 0 Å². The summed E-state index contributed by atoms with van der Waals surface area (Å²) in [4.78, 5) is 21.3. The number of hydrogen-bond acceptors (Lipinski definition) is 4. The number of rotatable bonds is 2. The Balaban J connectivity index is 2.34. The number of nitrogens with zero attached hydrogens (tertiary/aromatic N) is 3. The van der Waals surface area contributed by atoms with Crippen LogP contribution in [-0.4, -0.2) is 14.5 Å². The zero-order chi connectivity index (χ0) is 11.7. The van der Waals surface area contributed by atoms with Gasteiger partial charge in [0.2, 0.25) is 0 Å². The largest absolute Gasteiger partial charge is 0.291 e. The Bertz CT molecular complexity index is 556. The summed E-state index contributed by atoms with van der Waals surface area (Å²) in [5, 5.41) is 0.928. The molecule has 2 aromatic heterocycles. The van der Waals surface area contributed by atoms with Crippen LogP contribution >= 0.6 is 27.3 Å². The summed E-state index contributed by atoms with van der Waals surface area (Å²) in [6.07, 6.45) is 3.02. The predicted molar refractivity (Wildman–Crippen MR) is 66.9 cm³/mol. The van der Waals surface area contributed by atoms with E-state index in [1.165, 1.54) is 17.4 Å². The van der Waals surface area contributed by atoms with Crippen LogP contribution in [0.2, 0.25) is 0 Å². The van der Waals surface area contributed by atoms with E-state index in [0.29, 0.717) is 11.0 Å². The van der Waals surface area contributed by atoms with E-state index in [4.69, 9.17) is 0 Å². The molecule has 0 aliphatic rings. The molecule has 0 unspecified atom stereocenters. The van der Waals surface area contributed by atoms with Crippen LogP contribution in [0.1, 0.15) is 15.6 Å². The smallest absolute Gasteiger partial charge is 0.267 e. The van der Waals surface area contributed by atoms with E-state index in [1.54, 1.807) is 15.9 Å². The van der Waals surface area contributed by atoms with Gasteiger partial charge in [-0.3, -0.25) is 9.36 Å². The first kappa shape index (κ1) is 11.5. The highest BCUT2D eigenvalue weighted by Gasteiger charge is 2.06. The van der Waals surface area contributed by atoms with Crippen molar-refractivity contribution in [2.75, 3.05) is 0 Å². The van der Waals surface area contributed by atoms with Crippen LogP contribution in [0.25, 0.3) is 0 Å². The van der Waals surface area contributed by atoms with Crippen molar-refractivity contribution < 1.29 is 0 Å². The third kappa shape index (κ3) is 2.22. The maximum atomic E-state index is 11.7. The molecule has 2 aromatic rings. The van der Waals surface area contributed by atoms with Crippen molar-refractivity contribution >= 4 is 27.3 Å². The molecular formula is C10H10BrN3OS. The minimum Gasteiger partial charge on any atom is -0.291 e. The lowest BCUT2D eigenvalue weighted by Gasteiger charge is -2.01. The molecule has 0 bridgehead atoms. The van der Waals surface area contributed by atoms with E-state index in [0.717, 1.165) is 10.7 Å². The molecule has 6 heteroatoms. The SMILES string of the molecule is Cc1nc(Cn2cncc(Br)c2=O)sc1C. The van der Waals surface area contributed by atoms with Crippen molar-refractivity contribution in [2.45, 2.75) is 20.4 Å². The number of thiazole rings is 1. The van der Waals surface area contributed by atoms with Crippen molar-refractivity contribution in [1.29, 1.82) is 0 Å². The zero-order valence-corrected chi connectivity index (χ0v) is 11.3. The normalized spacial score (nSPS) is 10.7. The maximum Gasteiger partial charge on any atom is 0.267 e. The monoisotopic (exact) mass is 299 g/mol. The number of hydrogen-bond donors (Lipinski definition) is 0. The summed E-state index contributed by atoms with van der Waals surface area (Å²) in [5.74, 6) is 0. The summed E-state index contributed by atoms with van der Waals surface area (Å²) >= 11 is 4.78. The van der Waals surface area contributed by atoms with E-state index in [-0.39, 0.29) is 5.56 Å². The molecule has 0 saturated carbocycles. The van der Waals surface area contributed by atoms with Gasteiger partial charge in [0.05, 0.1) is 18.6 Å². The van der Waals surface area contributed by atoms with E-state index in [1.807, 2.05) is 13.8 Å². The minimum atomic E-state index is -0.0829.